The van der Waals surface area contributed by atoms with Crippen LogP contribution in [0.25, 0.3) is 0 Å². The molecular weight excluding hydrogens is 359 g/mol. The van der Waals surface area contributed by atoms with Crippen molar-refractivity contribution < 1.29 is 9.18 Å². The molecule has 0 aliphatic heterocycles. The van der Waals surface area contributed by atoms with Crippen molar-refractivity contribution in [2.45, 2.75) is 16.5 Å². The molecule has 1 amide bonds. The monoisotopic (exact) mass is 374 g/mol. The lowest BCUT2D eigenvalue weighted by atomic mass is 10.3. The van der Waals surface area contributed by atoms with Gasteiger partial charge in [-0.1, -0.05) is 53.4 Å². The van der Waals surface area contributed by atoms with Gasteiger partial charge in [-0.15, -0.1) is 10.2 Å². The van der Waals surface area contributed by atoms with Gasteiger partial charge in [-0.3, -0.25) is 4.79 Å². The van der Waals surface area contributed by atoms with E-state index in [9.17, 15) is 9.18 Å². The number of hydrogen-bond acceptors (Lipinski definition) is 6. The zero-order valence-electron chi connectivity index (χ0n) is 13.3. The molecule has 2 N–H and O–H groups in total. The maximum absolute atomic E-state index is 13.6. The highest BCUT2D eigenvalue weighted by Crippen LogP contribution is 2.30. The van der Waals surface area contributed by atoms with E-state index in [1.807, 2.05) is 30.3 Å². The number of amides is 1. The first kappa shape index (κ1) is 17.4. The number of carbonyl (C=O) groups is 1. The molecule has 0 aliphatic rings. The summed E-state index contributed by atoms with van der Waals surface area (Å²) in [6, 6.07) is 15.7. The van der Waals surface area contributed by atoms with Crippen LogP contribution in [-0.2, 0) is 4.79 Å². The Balaban J connectivity index is 1.58. The summed E-state index contributed by atoms with van der Waals surface area (Å²) in [5.74, 6) is -0.749. The summed E-state index contributed by atoms with van der Waals surface area (Å²) in [6.07, 6.45) is 0. The Bertz CT molecular complexity index is 857. The van der Waals surface area contributed by atoms with E-state index in [0.717, 1.165) is 5.69 Å². The molecule has 1 aromatic heterocycles. The van der Waals surface area contributed by atoms with Crippen LogP contribution in [0, 0.1) is 5.82 Å². The number of nitrogens with zero attached hydrogens (tertiary/aromatic N) is 2. The van der Waals surface area contributed by atoms with Gasteiger partial charge in [0.1, 0.15) is 5.82 Å². The normalized spacial score (nSPS) is 11.8. The fraction of sp³-hybridized carbons (Fsp3) is 0.118. The summed E-state index contributed by atoms with van der Waals surface area (Å²) in [6.45, 7) is 1.74. The number of rotatable bonds is 6. The quantitative estimate of drug-likeness (QED) is 0.620. The SMILES string of the molecule is C[C@@H](Sc1nnc(Nc2ccccc2)s1)C(=O)Nc1ccccc1F. The Morgan fingerprint density at radius 2 is 1.84 bits per heavy atom. The van der Waals surface area contributed by atoms with Crippen molar-refractivity contribution in [1.82, 2.24) is 10.2 Å². The number of para-hydroxylation sites is 2. The molecule has 0 bridgehead atoms. The smallest absolute Gasteiger partial charge is 0.237 e. The first-order valence-corrected chi connectivity index (χ1v) is 9.19. The lowest BCUT2D eigenvalue weighted by Gasteiger charge is -2.10. The largest absolute Gasteiger partial charge is 0.330 e. The van der Waals surface area contributed by atoms with E-state index in [1.165, 1.54) is 35.2 Å². The standard InChI is InChI=1S/C17H15FN4OS2/c1-11(15(23)20-14-10-6-5-9-13(14)18)24-17-22-21-16(25-17)19-12-7-3-2-4-8-12/h2-11H,1H3,(H,19,21)(H,20,23)/t11-/m1/s1. The Hall–Kier alpha value is -2.45. The second kappa shape index (κ2) is 8.09. The molecule has 0 aliphatic carbocycles. The van der Waals surface area contributed by atoms with Gasteiger partial charge in [-0.25, -0.2) is 4.39 Å². The predicted octanol–water partition coefficient (Wildman–Crippen LogP) is 4.54. The molecule has 0 spiro atoms. The average molecular weight is 374 g/mol. The van der Waals surface area contributed by atoms with Gasteiger partial charge in [0.05, 0.1) is 10.9 Å². The van der Waals surface area contributed by atoms with E-state index < -0.39 is 11.1 Å². The number of carbonyl (C=O) groups excluding carboxylic acids is 1. The van der Waals surface area contributed by atoms with Crippen molar-refractivity contribution in [3.63, 3.8) is 0 Å². The van der Waals surface area contributed by atoms with Gasteiger partial charge in [0.25, 0.3) is 0 Å². The average Bonchev–Trinajstić information content (AvgIpc) is 3.04. The van der Waals surface area contributed by atoms with E-state index in [1.54, 1.807) is 19.1 Å². The third-order valence-corrected chi connectivity index (χ3v) is 5.23. The van der Waals surface area contributed by atoms with Crippen LogP contribution in [0.4, 0.5) is 20.9 Å². The van der Waals surface area contributed by atoms with Gasteiger partial charge in [0, 0.05) is 5.69 Å². The number of anilines is 3. The van der Waals surface area contributed by atoms with E-state index in [2.05, 4.69) is 20.8 Å². The van der Waals surface area contributed by atoms with Gasteiger partial charge in [0.2, 0.25) is 11.0 Å². The first-order valence-electron chi connectivity index (χ1n) is 7.49. The third-order valence-electron chi connectivity index (χ3n) is 3.21. The number of benzene rings is 2. The molecule has 1 atom stereocenters. The minimum atomic E-state index is -0.460. The van der Waals surface area contributed by atoms with E-state index in [4.69, 9.17) is 0 Å². The summed E-state index contributed by atoms with van der Waals surface area (Å²) < 4.78 is 14.3. The molecule has 0 saturated heterocycles. The Labute approximate surface area is 152 Å². The highest BCUT2D eigenvalue weighted by Gasteiger charge is 2.18. The molecule has 5 nitrogen and oxygen atoms in total. The van der Waals surface area contributed by atoms with Crippen molar-refractivity contribution in [2.24, 2.45) is 0 Å². The Kier molecular flexibility index (Phi) is 5.62. The topological polar surface area (TPSA) is 66.9 Å². The lowest BCUT2D eigenvalue weighted by Crippen LogP contribution is -2.22. The molecule has 3 rings (SSSR count). The molecule has 0 unspecified atom stereocenters. The van der Waals surface area contributed by atoms with Gasteiger partial charge >= 0.3 is 0 Å². The van der Waals surface area contributed by atoms with Crippen LogP contribution in [0.3, 0.4) is 0 Å². The zero-order valence-corrected chi connectivity index (χ0v) is 14.9. The number of nitrogens with one attached hydrogen (secondary N) is 2. The minimum Gasteiger partial charge on any atom is -0.330 e. The van der Waals surface area contributed by atoms with Crippen molar-refractivity contribution >= 4 is 45.5 Å². The van der Waals surface area contributed by atoms with E-state index in [0.29, 0.717) is 9.47 Å². The maximum Gasteiger partial charge on any atom is 0.237 e. The number of thioether (sulfide) groups is 1. The second-order valence-corrected chi connectivity index (χ2v) is 7.66. The predicted molar refractivity (Wildman–Crippen MR) is 100.0 cm³/mol. The molecule has 128 valence electrons. The van der Waals surface area contributed by atoms with Crippen molar-refractivity contribution in [3.8, 4) is 0 Å². The highest BCUT2D eigenvalue weighted by molar-refractivity contribution is 8.02. The zero-order chi connectivity index (χ0) is 17.6. The summed E-state index contributed by atoms with van der Waals surface area (Å²) in [4.78, 5) is 12.2. The molecule has 25 heavy (non-hydrogen) atoms. The fourth-order valence-corrected chi connectivity index (χ4v) is 3.87. The summed E-state index contributed by atoms with van der Waals surface area (Å²) >= 11 is 2.64. The van der Waals surface area contributed by atoms with Gasteiger partial charge in [-0.2, -0.15) is 0 Å². The van der Waals surface area contributed by atoms with Crippen molar-refractivity contribution in [3.05, 3.63) is 60.4 Å². The molecule has 3 aromatic rings. The molecule has 0 radical (unpaired) electrons. The van der Waals surface area contributed by atoms with Crippen LogP contribution in [0.5, 0.6) is 0 Å². The fourth-order valence-electron chi connectivity index (χ4n) is 1.95. The molecular formula is C17H15FN4OS2. The Morgan fingerprint density at radius 3 is 2.60 bits per heavy atom. The van der Waals surface area contributed by atoms with Crippen LogP contribution in [0.15, 0.2) is 58.9 Å². The third kappa shape index (κ3) is 4.77. The van der Waals surface area contributed by atoms with E-state index >= 15 is 0 Å². The first-order chi connectivity index (χ1) is 12.1. The van der Waals surface area contributed by atoms with E-state index in [-0.39, 0.29) is 11.6 Å². The van der Waals surface area contributed by atoms with Crippen LogP contribution < -0.4 is 10.6 Å². The minimum absolute atomic E-state index is 0.170. The van der Waals surface area contributed by atoms with Crippen molar-refractivity contribution in [2.75, 3.05) is 10.6 Å². The van der Waals surface area contributed by atoms with Gasteiger partial charge < -0.3 is 10.6 Å². The summed E-state index contributed by atoms with van der Waals surface area (Å²) in [7, 11) is 0. The van der Waals surface area contributed by atoms with Crippen LogP contribution in [0.2, 0.25) is 0 Å². The summed E-state index contributed by atoms with van der Waals surface area (Å²) in [5, 5.41) is 14.1. The molecule has 1 heterocycles. The van der Waals surface area contributed by atoms with Gasteiger partial charge in [-0.05, 0) is 31.2 Å². The lowest BCUT2D eigenvalue weighted by molar-refractivity contribution is -0.115. The number of aromatic nitrogens is 2. The van der Waals surface area contributed by atoms with Gasteiger partial charge in [0.15, 0.2) is 4.34 Å². The highest BCUT2D eigenvalue weighted by atomic mass is 32.2. The second-order valence-electron chi connectivity index (χ2n) is 5.09. The van der Waals surface area contributed by atoms with Crippen LogP contribution in [-0.4, -0.2) is 21.4 Å². The number of halogens is 1. The summed E-state index contributed by atoms with van der Waals surface area (Å²) in [5.41, 5.74) is 1.09. The molecule has 0 saturated carbocycles. The van der Waals surface area contributed by atoms with Crippen LogP contribution in [0.1, 0.15) is 6.92 Å². The maximum atomic E-state index is 13.6. The number of hydrogen-bond donors (Lipinski definition) is 2. The van der Waals surface area contributed by atoms with Crippen LogP contribution >= 0.6 is 23.1 Å². The molecule has 2 aromatic carbocycles. The Morgan fingerprint density at radius 1 is 1.12 bits per heavy atom. The van der Waals surface area contributed by atoms with Crippen molar-refractivity contribution in [1.29, 1.82) is 0 Å². The molecule has 8 heteroatoms. The molecule has 0 fully saturated rings.